The van der Waals surface area contributed by atoms with Gasteiger partial charge in [-0.2, -0.15) is 0 Å². The summed E-state index contributed by atoms with van der Waals surface area (Å²) in [6.45, 7) is 0. The number of hydrogen-bond acceptors (Lipinski definition) is 2. The van der Waals surface area contributed by atoms with Crippen molar-refractivity contribution in [1.29, 1.82) is 0 Å². The average molecular weight is 374 g/mol. The van der Waals surface area contributed by atoms with Crippen molar-refractivity contribution in [3.05, 3.63) is 96.1 Å². The van der Waals surface area contributed by atoms with E-state index in [2.05, 4.69) is 53.5 Å². The quantitative estimate of drug-likeness (QED) is 0.380. The molecule has 0 spiro atoms. The summed E-state index contributed by atoms with van der Waals surface area (Å²) in [4.78, 5) is 8.20. The molecule has 29 heavy (non-hydrogen) atoms. The van der Waals surface area contributed by atoms with Crippen LogP contribution in [0.3, 0.4) is 0 Å². The number of aromatic amines is 1. The van der Waals surface area contributed by atoms with Gasteiger partial charge in [0.05, 0.1) is 16.6 Å². The van der Waals surface area contributed by atoms with Gasteiger partial charge in [-0.1, -0.05) is 60.7 Å². The van der Waals surface area contributed by atoms with Crippen LogP contribution in [-0.2, 0) is 6.42 Å². The van der Waals surface area contributed by atoms with Crippen molar-refractivity contribution in [1.82, 2.24) is 9.97 Å². The lowest BCUT2D eigenvalue weighted by Gasteiger charge is -2.07. The number of aromatic hydroxyl groups is 1. The summed E-state index contributed by atoms with van der Waals surface area (Å²) in [6, 6.07) is 28.8. The lowest BCUT2D eigenvalue weighted by atomic mass is 9.98. The van der Waals surface area contributed by atoms with Crippen molar-refractivity contribution in [3.63, 3.8) is 0 Å². The average Bonchev–Trinajstić information content (AvgIpc) is 3.35. The van der Waals surface area contributed by atoms with Crippen LogP contribution in [0, 0.1) is 0 Å². The van der Waals surface area contributed by atoms with E-state index in [0.717, 1.165) is 28.6 Å². The Morgan fingerprint density at radius 1 is 0.690 bits per heavy atom. The van der Waals surface area contributed by atoms with Gasteiger partial charge in [0.15, 0.2) is 0 Å². The fraction of sp³-hybridized carbons (Fsp3) is 0.0385. The van der Waals surface area contributed by atoms with Crippen molar-refractivity contribution >= 4 is 11.0 Å². The molecule has 3 heteroatoms. The zero-order chi connectivity index (χ0) is 19.4. The maximum atomic E-state index is 10.2. The number of phenols is 1. The first-order valence-electron chi connectivity index (χ1n) is 9.76. The van der Waals surface area contributed by atoms with E-state index in [1.54, 1.807) is 6.07 Å². The van der Waals surface area contributed by atoms with Crippen LogP contribution in [0.25, 0.3) is 44.7 Å². The minimum Gasteiger partial charge on any atom is -0.507 e. The molecule has 0 unspecified atom stereocenters. The molecule has 1 aromatic heterocycles. The summed E-state index contributed by atoms with van der Waals surface area (Å²) < 4.78 is 0. The SMILES string of the molecule is Oc1ccccc1-c1nc2c(-c3ccc4c(c3)-c3ccccc3C4)cccc2[nH]1. The van der Waals surface area contributed by atoms with Crippen LogP contribution < -0.4 is 0 Å². The molecule has 0 fully saturated rings. The van der Waals surface area contributed by atoms with Crippen LogP contribution in [0.1, 0.15) is 11.1 Å². The molecule has 0 aliphatic heterocycles. The third-order valence-electron chi connectivity index (χ3n) is 5.78. The van der Waals surface area contributed by atoms with Gasteiger partial charge >= 0.3 is 0 Å². The summed E-state index contributed by atoms with van der Waals surface area (Å²) in [5, 5.41) is 10.2. The minimum atomic E-state index is 0.224. The number of nitrogens with one attached hydrogen (secondary N) is 1. The number of para-hydroxylation sites is 2. The Balaban J connectivity index is 1.52. The number of phenolic OH excluding ortho intramolecular Hbond substituents is 1. The Kier molecular flexibility index (Phi) is 3.38. The van der Waals surface area contributed by atoms with E-state index in [4.69, 9.17) is 4.98 Å². The second-order valence-corrected chi connectivity index (χ2v) is 7.51. The predicted molar refractivity (Wildman–Crippen MR) is 117 cm³/mol. The number of nitrogens with zero attached hydrogens (tertiary/aromatic N) is 1. The second-order valence-electron chi connectivity index (χ2n) is 7.51. The first kappa shape index (κ1) is 16.1. The maximum Gasteiger partial charge on any atom is 0.142 e. The van der Waals surface area contributed by atoms with Crippen LogP contribution in [0.4, 0.5) is 0 Å². The molecule has 5 aromatic rings. The van der Waals surface area contributed by atoms with Gasteiger partial charge in [0.1, 0.15) is 11.6 Å². The van der Waals surface area contributed by atoms with Gasteiger partial charge in [0.2, 0.25) is 0 Å². The summed E-state index contributed by atoms with van der Waals surface area (Å²) in [6.07, 6.45) is 0.996. The Hall–Kier alpha value is -3.85. The number of fused-ring (bicyclic) bond motifs is 4. The Morgan fingerprint density at radius 3 is 2.34 bits per heavy atom. The van der Waals surface area contributed by atoms with Crippen molar-refractivity contribution in [3.8, 4) is 39.4 Å². The summed E-state index contributed by atoms with van der Waals surface area (Å²) in [7, 11) is 0. The molecular formula is C26H18N2O. The molecule has 3 nitrogen and oxygen atoms in total. The van der Waals surface area contributed by atoms with Gasteiger partial charge in [-0.05, 0) is 58.5 Å². The minimum absolute atomic E-state index is 0.224. The van der Waals surface area contributed by atoms with E-state index >= 15 is 0 Å². The molecule has 0 bridgehead atoms. The van der Waals surface area contributed by atoms with Crippen LogP contribution in [0.15, 0.2) is 84.9 Å². The van der Waals surface area contributed by atoms with Crippen molar-refractivity contribution in [2.75, 3.05) is 0 Å². The van der Waals surface area contributed by atoms with E-state index in [-0.39, 0.29) is 5.75 Å². The smallest absolute Gasteiger partial charge is 0.142 e. The molecule has 1 aliphatic rings. The van der Waals surface area contributed by atoms with E-state index in [0.29, 0.717) is 11.4 Å². The van der Waals surface area contributed by atoms with Gasteiger partial charge in [-0.15, -0.1) is 0 Å². The molecule has 6 rings (SSSR count). The van der Waals surface area contributed by atoms with Gasteiger partial charge < -0.3 is 10.1 Å². The standard InChI is InChI=1S/C26H18N2O/c29-24-11-4-3-8-21(24)26-27-23-10-5-9-20(25(23)28-26)18-13-12-17-14-16-6-1-2-7-19(16)22(17)15-18/h1-13,15,29H,14H2,(H,27,28). The normalized spacial score (nSPS) is 12.1. The van der Waals surface area contributed by atoms with Gasteiger partial charge in [0, 0.05) is 5.56 Å². The fourth-order valence-electron chi connectivity index (χ4n) is 4.36. The topological polar surface area (TPSA) is 48.9 Å². The highest BCUT2D eigenvalue weighted by Crippen LogP contribution is 2.40. The van der Waals surface area contributed by atoms with Crippen LogP contribution in [0.2, 0.25) is 0 Å². The second kappa shape index (κ2) is 6.08. The Bertz CT molecular complexity index is 1400. The summed E-state index contributed by atoms with van der Waals surface area (Å²) >= 11 is 0. The molecule has 0 saturated carbocycles. The maximum absolute atomic E-state index is 10.2. The first-order valence-corrected chi connectivity index (χ1v) is 9.76. The number of imidazole rings is 1. The summed E-state index contributed by atoms with van der Waals surface area (Å²) in [5.74, 6) is 0.902. The zero-order valence-corrected chi connectivity index (χ0v) is 15.7. The van der Waals surface area contributed by atoms with E-state index in [9.17, 15) is 5.11 Å². The lowest BCUT2D eigenvalue weighted by Crippen LogP contribution is -1.85. The third-order valence-corrected chi connectivity index (χ3v) is 5.78. The largest absolute Gasteiger partial charge is 0.507 e. The molecule has 0 radical (unpaired) electrons. The Morgan fingerprint density at radius 2 is 1.45 bits per heavy atom. The highest BCUT2D eigenvalue weighted by molar-refractivity contribution is 5.95. The number of hydrogen-bond donors (Lipinski definition) is 2. The molecular weight excluding hydrogens is 356 g/mol. The van der Waals surface area contributed by atoms with E-state index in [1.807, 2.05) is 30.3 Å². The van der Waals surface area contributed by atoms with Crippen molar-refractivity contribution in [2.24, 2.45) is 0 Å². The summed E-state index contributed by atoms with van der Waals surface area (Å²) in [5.41, 5.74) is 10.2. The number of rotatable bonds is 2. The Labute approximate surface area is 168 Å². The fourth-order valence-corrected chi connectivity index (χ4v) is 4.36. The predicted octanol–water partition coefficient (Wildman–Crippen LogP) is 6.17. The molecule has 2 N–H and O–H groups in total. The zero-order valence-electron chi connectivity index (χ0n) is 15.7. The molecule has 1 aliphatic carbocycles. The molecule has 0 amide bonds. The molecule has 0 saturated heterocycles. The molecule has 138 valence electrons. The van der Waals surface area contributed by atoms with Crippen LogP contribution in [0.5, 0.6) is 5.75 Å². The van der Waals surface area contributed by atoms with E-state index in [1.165, 1.54) is 22.3 Å². The highest BCUT2D eigenvalue weighted by atomic mass is 16.3. The van der Waals surface area contributed by atoms with Crippen LogP contribution >= 0.6 is 0 Å². The lowest BCUT2D eigenvalue weighted by molar-refractivity contribution is 0.477. The molecule has 4 aromatic carbocycles. The monoisotopic (exact) mass is 374 g/mol. The molecule has 1 heterocycles. The number of H-pyrrole nitrogens is 1. The number of benzene rings is 4. The van der Waals surface area contributed by atoms with Crippen molar-refractivity contribution < 1.29 is 5.11 Å². The van der Waals surface area contributed by atoms with Gasteiger partial charge in [0.25, 0.3) is 0 Å². The molecule has 0 atom stereocenters. The highest BCUT2D eigenvalue weighted by Gasteiger charge is 2.19. The van der Waals surface area contributed by atoms with Gasteiger partial charge in [-0.3, -0.25) is 0 Å². The first-order chi connectivity index (χ1) is 14.3. The van der Waals surface area contributed by atoms with Crippen molar-refractivity contribution in [2.45, 2.75) is 6.42 Å². The number of aromatic nitrogens is 2. The van der Waals surface area contributed by atoms with E-state index < -0.39 is 0 Å². The third kappa shape index (κ3) is 2.48. The van der Waals surface area contributed by atoms with Crippen LogP contribution in [-0.4, -0.2) is 15.1 Å². The van der Waals surface area contributed by atoms with Gasteiger partial charge in [-0.25, -0.2) is 4.98 Å².